The SMILES string of the molecule is CC/C=C\C/C=C\C/C=C\C/C=C\C/C=C\CCCCCCCC(=O)OCC(COC(=O)C/C=C\C/C=C\C/C=C\C/C=C\C/C=C\CC)OC(=O)CCCCCCCCCCCCCCCCCCCCCC. The molecular formula is C68H112O6. The first-order valence-electron chi connectivity index (χ1n) is 30.5. The fourth-order valence-electron chi connectivity index (χ4n) is 8.25. The molecule has 0 aromatic heterocycles. The van der Waals surface area contributed by atoms with E-state index in [-0.39, 0.29) is 31.6 Å². The number of rotatable bonds is 54. The molecule has 0 aliphatic heterocycles. The summed E-state index contributed by atoms with van der Waals surface area (Å²) in [5, 5.41) is 0. The minimum Gasteiger partial charge on any atom is -0.462 e. The molecule has 6 nitrogen and oxygen atoms in total. The van der Waals surface area contributed by atoms with Gasteiger partial charge in [0.15, 0.2) is 6.10 Å². The van der Waals surface area contributed by atoms with Gasteiger partial charge < -0.3 is 14.2 Å². The zero-order valence-electron chi connectivity index (χ0n) is 48.1. The Bertz CT molecular complexity index is 1550. The van der Waals surface area contributed by atoms with E-state index >= 15 is 0 Å². The minimum atomic E-state index is -0.829. The second-order valence-electron chi connectivity index (χ2n) is 19.9. The summed E-state index contributed by atoms with van der Waals surface area (Å²) in [7, 11) is 0. The van der Waals surface area contributed by atoms with Gasteiger partial charge in [-0.1, -0.05) is 284 Å². The Morgan fingerprint density at radius 1 is 0.297 bits per heavy atom. The number of allylic oxidation sites excluding steroid dienone is 19. The van der Waals surface area contributed by atoms with Gasteiger partial charge in [0.2, 0.25) is 0 Å². The van der Waals surface area contributed by atoms with Crippen LogP contribution in [0.15, 0.2) is 122 Å². The average molecular weight is 1030 g/mol. The number of unbranched alkanes of at least 4 members (excludes halogenated alkanes) is 24. The number of carbonyl (C=O) groups is 3. The maximum atomic E-state index is 12.9. The number of carbonyl (C=O) groups excluding carboxylic acids is 3. The largest absolute Gasteiger partial charge is 0.462 e. The number of esters is 3. The standard InChI is InChI=1S/C68H112O6/c1-4-7-10-13-16-19-22-25-28-30-32-34-36-37-40-43-46-49-52-55-58-61-67(70)73-64-65(63-72-66(69)60-57-54-51-48-45-42-39-27-24-21-18-15-12-9-6-3)74-68(71)62-59-56-53-50-47-44-41-38-35-33-31-29-26-23-20-17-14-11-8-5-2/h7,9-10,12,16,18-19,21,25,27-28,32,34,37,39-40,45,48,54,57,65H,4-6,8,11,13-15,17,20,22-24,26,29-31,33,35-36,38,41-44,46-47,49-53,55-56,58-64H2,1-3H3/b10-7-,12-9-,19-16-,21-18-,28-25-,34-32-,39-27-,40-37-,48-45-,57-54-. The highest BCUT2D eigenvalue weighted by atomic mass is 16.6. The summed E-state index contributed by atoms with van der Waals surface area (Å²) < 4.78 is 16.8. The van der Waals surface area contributed by atoms with Crippen LogP contribution in [0.5, 0.6) is 0 Å². The van der Waals surface area contributed by atoms with Crippen molar-refractivity contribution in [3.05, 3.63) is 122 Å². The van der Waals surface area contributed by atoms with Crippen LogP contribution in [0, 0.1) is 0 Å². The Morgan fingerprint density at radius 3 is 0.946 bits per heavy atom. The van der Waals surface area contributed by atoms with Crippen LogP contribution in [0.2, 0.25) is 0 Å². The monoisotopic (exact) mass is 1020 g/mol. The number of ether oxygens (including phenoxy) is 3. The molecule has 0 rings (SSSR count). The number of hydrogen-bond donors (Lipinski definition) is 0. The van der Waals surface area contributed by atoms with Crippen LogP contribution in [0.25, 0.3) is 0 Å². The summed E-state index contributed by atoms with van der Waals surface area (Å²) in [6, 6.07) is 0. The molecule has 0 aliphatic carbocycles. The third-order valence-corrected chi connectivity index (χ3v) is 12.7. The molecule has 0 spiro atoms. The van der Waals surface area contributed by atoms with Gasteiger partial charge >= 0.3 is 17.9 Å². The predicted octanol–water partition coefficient (Wildman–Crippen LogP) is 20.8. The van der Waals surface area contributed by atoms with Crippen LogP contribution in [0.1, 0.15) is 271 Å². The van der Waals surface area contributed by atoms with E-state index in [9.17, 15) is 14.4 Å². The Hall–Kier alpha value is -4.19. The van der Waals surface area contributed by atoms with Crippen molar-refractivity contribution in [2.24, 2.45) is 0 Å². The fraction of sp³-hybridized carbons (Fsp3) is 0.662. The average Bonchev–Trinajstić information content (AvgIpc) is 3.40. The molecule has 1 atom stereocenters. The Labute approximate surface area is 456 Å². The normalized spacial score (nSPS) is 13.0. The highest BCUT2D eigenvalue weighted by molar-refractivity contribution is 5.72. The molecule has 0 aromatic rings. The van der Waals surface area contributed by atoms with Gasteiger partial charge in [-0.15, -0.1) is 0 Å². The molecule has 0 N–H and O–H groups in total. The third-order valence-electron chi connectivity index (χ3n) is 12.7. The zero-order chi connectivity index (χ0) is 53.6. The highest BCUT2D eigenvalue weighted by Crippen LogP contribution is 2.16. The van der Waals surface area contributed by atoms with E-state index in [1.165, 1.54) is 109 Å². The lowest BCUT2D eigenvalue weighted by molar-refractivity contribution is -0.166. The maximum Gasteiger partial charge on any atom is 0.309 e. The lowest BCUT2D eigenvalue weighted by Gasteiger charge is -2.18. The molecule has 1 unspecified atom stereocenters. The summed E-state index contributed by atoms with van der Waals surface area (Å²) >= 11 is 0. The maximum absolute atomic E-state index is 12.9. The quantitative estimate of drug-likeness (QED) is 0.0261. The van der Waals surface area contributed by atoms with Crippen molar-refractivity contribution in [2.45, 2.75) is 277 Å². The van der Waals surface area contributed by atoms with Crippen molar-refractivity contribution in [3.8, 4) is 0 Å². The lowest BCUT2D eigenvalue weighted by Crippen LogP contribution is -2.30. The Kier molecular flexibility index (Phi) is 57.9. The van der Waals surface area contributed by atoms with Crippen molar-refractivity contribution < 1.29 is 28.6 Å². The Morgan fingerprint density at radius 2 is 0.581 bits per heavy atom. The molecular weight excluding hydrogens is 913 g/mol. The second kappa shape index (κ2) is 61.4. The zero-order valence-corrected chi connectivity index (χ0v) is 48.1. The van der Waals surface area contributed by atoms with Crippen molar-refractivity contribution in [1.82, 2.24) is 0 Å². The van der Waals surface area contributed by atoms with E-state index in [1.807, 2.05) is 6.08 Å². The molecule has 0 saturated carbocycles. The summed E-state index contributed by atoms with van der Waals surface area (Å²) in [4.78, 5) is 38.2. The van der Waals surface area contributed by atoms with Gasteiger partial charge in [0, 0.05) is 12.8 Å². The fourth-order valence-corrected chi connectivity index (χ4v) is 8.25. The van der Waals surface area contributed by atoms with Crippen LogP contribution in [0.3, 0.4) is 0 Å². The number of hydrogen-bond acceptors (Lipinski definition) is 6. The van der Waals surface area contributed by atoms with E-state index in [0.717, 1.165) is 122 Å². The summed E-state index contributed by atoms with van der Waals surface area (Å²) in [6.45, 7) is 6.33. The minimum absolute atomic E-state index is 0.119. The molecule has 0 fully saturated rings. The van der Waals surface area contributed by atoms with Crippen LogP contribution < -0.4 is 0 Å². The smallest absolute Gasteiger partial charge is 0.309 e. The van der Waals surface area contributed by atoms with Gasteiger partial charge in [0.05, 0.1) is 6.42 Å². The summed E-state index contributed by atoms with van der Waals surface area (Å²) in [6.07, 6.45) is 85.1. The van der Waals surface area contributed by atoms with E-state index in [4.69, 9.17) is 14.2 Å². The Balaban J connectivity index is 4.49. The van der Waals surface area contributed by atoms with Crippen LogP contribution >= 0.6 is 0 Å². The highest BCUT2D eigenvalue weighted by Gasteiger charge is 2.19. The van der Waals surface area contributed by atoms with E-state index in [0.29, 0.717) is 12.8 Å². The van der Waals surface area contributed by atoms with Gasteiger partial charge in [0.1, 0.15) is 13.2 Å². The molecule has 0 aromatic carbocycles. The van der Waals surface area contributed by atoms with Crippen molar-refractivity contribution in [3.63, 3.8) is 0 Å². The topological polar surface area (TPSA) is 78.9 Å². The lowest BCUT2D eigenvalue weighted by atomic mass is 10.0. The van der Waals surface area contributed by atoms with Crippen molar-refractivity contribution >= 4 is 17.9 Å². The molecule has 0 amide bonds. The van der Waals surface area contributed by atoms with Crippen LogP contribution in [-0.4, -0.2) is 37.2 Å². The molecule has 0 aliphatic rings. The van der Waals surface area contributed by atoms with Gasteiger partial charge in [-0.3, -0.25) is 14.4 Å². The van der Waals surface area contributed by atoms with Crippen molar-refractivity contribution in [1.29, 1.82) is 0 Å². The molecule has 0 saturated heterocycles. The second-order valence-corrected chi connectivity index (χ2v) is 19.9. The summed E-state index contributed by atoms with van der Waals surface area (Å²) in [5.41, 5.74) is 0. The van der Waals surface area contributed by atoms with Gasteiger partial charge in [0.25, 0.3) is 0 Å². The first-order chi connectivity index (χ1) is 36.5. The van der Waals surface area contributed by atoms with Gasteiger partial charge in [-0.25, -0.2) is 0 Å². The van der Waals surface area contributed by atoms with E-state index in [1.54, 1.807) is 6.08 Å². The molecule has 0 radical (unpaired) electrons. The van der Waals surface area contributed by atoms with Gasteiger partial charge in [-0.2, -0.15) is 0 Å². The van der Waals surface area contributed by atoms with Crippen LogP contribution in [0.4, 0.5) is 0 Å². The molecule has 0 bridgehead atoms. The van der Waals surface area contributed by atoms with Gasteiger partial charge in [-0.05, 0) is 89.9 Å². The third kappa shape index (κ3) is 58.7. The molecule has 0 heterocycles. The predicted molar refractivity (Wildman–Crippen MR) is 320 cm³/mol. The first kappa shape index (κ1) is 69.8. The van der Waals surface area contributed by atoms with E-state index in [2.05, 4.69) is 130 Å². The van der Waals surface area contributed by atoms with Crippen molar-refractivity contribution in [2.75, 3.05) is 13.2 Å². The molecule has 74 heavy (non-hydrogen) atoms. The molecule has 6 heteroatoms. The van der Waals surface area contributed by atoms with E-state index < -0.39 is 12.1 Å². The first-order valence-corrected chi connectivity index (χ1v) is 30.5. The molecule has 420 valence electrons. The summed E-state index contributed by atoms with van der Waals surface area (Å²) in [5.74, 6) is -1.06. The van der Waals surface area contributed by atoms with Crippen LogP contribution in [-0.2, 0) is 28.6 Å².